The molecule has 0 saturated carbocycles. The third-order valence-corrected chi connectivity index (χ3v) is 3.07. The number of benzene rings is 1. The van der Waals surface area contributed by atoms with Crippen LogP contribution in [0.1, 0.15) is 11.4 Å². The molecule has 0 aliphatic rings. The van der Waals surface area contributed by atoms with Crippen LogP contribution in [0.3, 0.4) is 0 Å². The van der Waals surface area contributed by atoms with Gasteiger partial charge in [-0.2, -0.15) is 4.80 Å². The van der Waals surface area contributed by atoms with Crippen LogP contribution in [0.5, 0.6) is 0 Å². The Hall–Kier alpha value is -2.57. The van der Waals surface area contributed by atoms with Crippen LogP contribution >= 0.6 is 0 Å². The molecule has 0 atom stereocenters. The molecule has 0 aliphatic carbocycles. The lowest BCUT2D eigenvalue weighted by Crippen LogP contribution is -2.08. The summed E-state index contributed by atoms with van der Waals surface area (Å²) in [4.78, 5) is 5.67. The highest BCUT2D eigenvalue weighted by Crippen LogP contribution is 2.17. The van der Waals surface area contributed by atoms with Crippen LogP contribution in [0.4, 0.5) is 4.39 Å². The molecule has 0 bridgehead atoms. The molecular formula is C13H13FN6. The van der Waals surface area contributed by atoms with E-state index in [9.17, 15) is 4.39 Å². The fourth-order valence-corrected chi connectivity index (χ4v) is 1.88. The third kappa shape index (κ3) is 2.29. The first kappa shape index (κ1) is 12.5. The molecule has 0 aliphatic heterocycles. The molecule has 3 aromatic rings. The first-order valence-corrected chi connectivity index (χ1v) is 6.14. The topological polar surface area (TPSA) is 61.4 Å². The van der Waals surface area contributed by atoms with Gasteiger partial charge in [0, 0.05) is 25.0 Å². The largest absolute Gasteiger partial charge is 0.336 e. The summed E-state index contributed by atoms with van der Waals surface area (Å²) < 4.78 is 15.1. The van der Waals surface area contributed by atoms with Crippen molar-refractivity contribution in [3.8, 4) is 11.4 Å². The first-order valence-electron chi connectivity index (χ1n) is 6.14. The molecule has 0 fully saturated rings. The van der Waals surface area contributed by atoms with Gasteiger partial charge in [0.2, 0.25) is 5.82 Å². The van der Waals surface area contributed by atoms with Crippen molar-refractivity contribution in [3.63, 3.8) is 0 Å². The molecule has 20 heavy (non-hydrogen) atoms. The number of tetrazole rings is 1. The van der Waals surface area contributed by atoms with Crippen molar-refractivity contribution in [2.45, 2.75) is 13.5 Å². The van der Waals surface area contributed by atoms with Gasteiger partial charge in [0.1, 0.15) is 18.2 Å². The van der Waals surface area contributed by atoms with E-state index < -0.39 is 0 Å². The first-order chi connectivity index (χ1) is 9.63. The zero-order chi connectivity index (χ0) is 14.1. The van der Waals surface area contributed by atoms with Gasteiger partial charge in [-0.15, -0.1) is 10.2 Å². The number of aromatic nitrogens is 6. The molecule has 0 spiro atoms. The summed E-state index contributed by atoms with van der Waals surface area (Å²) in [7, 11) is 1.91. The molecule has 102 valence electrons. The van der Waals surface area contributed by atoms with E-state index in [1.54, 1.807) is 25.3 Å². The Morgan fingerprint density at radius 2 is 2.15 bits per heavy atom. The van der Waals surface area contributed by atoms with Crippen LogP contribution < -0.4 is 0 Å². The van der Waals surface area contributed by atoms with Crippen molar-refractivity contribution < 1.29 is 4.39 Å². The Bertz CT molecular complexity index is 745. The maximum Gasteiger partial charge on any atom is 0.204 e. The lowest BCUT2D eigenvalue weighted by molar-refractivity contribution is 0.543. The van der Waals surface area contributed by atoms with Crippen molar-refractivity contribution in [2.75, 3.05) is 0 Å². The Morgan fingerprint density at radius 1 is 1.30 bits per heavy atom. The number of rotatable bonds is 3. The summed E-state index contributed by atoms with van der Waals surface area (Å²) in [6, 6.07) is 4.76. The number of nitrogens with zero attached hydrogens (tertiary/aromatic N) is 6. The molecule has 0 amide bonds. The highest BCUT2D eigenvalue weighted by atomic mass is 19.1. The number of halogens is 1. The average Bonchev–Trinajstić information content (AvgIpc) is 3.04. The lowest BCUT2D eigenvalue weighted by atomic mass is 10.1. The summed E-state index contributed by atoms with van der Waals surface area (Å²) in [5.74, 6) is 1.07. The fraction of sp³-hybridized carbons (Fsp3) is 0.231. The predicted octanol–water partition coefficient (Wildman–Crippen LogP) is 1.57. The molecule has 2 aromatic heterocycles. The molecule has 0 N–H and O–H groups in total. The Morgan fingerprint density at radius 3 is 2.85 bits per heavy atom. The van der Waals surface area contributed by atoms with E-state index in [1.807, 2.05) is 17.8 Å². The zero-order valence-electron chi connectivity index (χ0n) is 11.2. The van der Waals surface area contributed by atoms with E-state index in [1.165, 1.54) is 10.9 Å². The summed E-state index contributed by atoms with van der Waals surface area (Å²) >= 11 is 0. The second-order valence-corrected chi connectivity index (χ2v) is 4.56. The van der Waals surface area contributed by atoms with Gasteiger partial charge in [0.25, 0.3) is 0 Å². The summed E-state index contributed by atoms with van der Waals surface area (Å²) in [5, 5.41) is 12.3. The molecule has 3 rings (SSSR count). The number of hydrogen-bond acceptors (Lipinski definition) is 4. The van der Waals surface area contributed by atoms with Crippen molar-refractivity contribution in [1.82, 2.24) is 29.8 Å². The van der Waals surface area contributed by atoms with Crippen molar-refractivity contribution in [2.24, 2.45) is 7.05 Å². The highest BCUT2D eigenvalue weighted by Gasteiger charge is 2.09. The van der Waals surface area contributed by atoms with Gasteiger partial charge in [-0.3, -0.25) is 0 Å². The third-order valence-electron chi connectivity index (χ3n) is 3.07. The van der Waals surface area contributed by atoms with Crippen LogP contribution in [0.15, 0.2) is 30.6 Å². The van der Waals surface area contributed by atoms with Crippen LogP contribution in [0, 0.1) is 12.7 Å². The van der Waals surface area contributed by atoms with E-state index in [2.05, 4.69) is 20.4 Å². The molecule has 0 radical (unpaired) electrons. The smallest absolute Gasteiger partial charge is 0.204 e. The molecule has 0 unspecified atom stereocenters. The van der Waals surface area contributed by atoms with Gasteiger partial charge in [0.05, 0.1) is 0 Å². The van der Waals surface area contributed by atoms with Gasteiger partial charge in [0.15, 0.2) is 0 Å². The predicted molar refractivity (Wildman–Crippen MR) is 70.3 cm³/mol. The monoisotopic (exact) mass is 272 g/mol. The summed E-state index contributed by atoms with van der Waals surface area (Å²) in [6.07, 6.45) is 3.58. The van der Waals surface area contributed by atoms with E-state index in [0.29, 0.717) is 17.9 Å². The average molecular weight is 272 g/mol. The van der Waals surface area contributed by atoms with E-state index in [-0.39, 0.29) is 5.82 Å². The van der Waals surface area contributed by atoms with Gasteiger partial charge in [-0.1, -0.05) is 0 Å². The van der Waals surface area contributed by atoms with Crippen LogP contribution in [0.2, 0.25) is 0 Å². The van der Waals surface area contributed by atoms with Crippen LogP contribution in [0.25, 0.3) is 11.4 Å². The van der Waals surface area contributed by atoms with Crippen molar-refractivity contribution in [3.05, 3.63) is 47.8 Å². The second kappa shape index (κ2) is 4.84. The van der Waals surface area contributed by atoms with Crippen molar-refractivity contribution in [1.29, 1.82) is 0 Å². The Labute approximate surface area is 114 Å². The minimum absolute atomic E-state index is 0.242. The van der Waals surface area contributed by atoms with Crippen LogP contribution in [-0.4, -0.2) is 29.8 Å². The normalized spacial score (nSPS) is 10.9. The minimum atomic E-state index is -0.242. The molecular weight excluding hydrogens is 259 g/mol. The van der Waals surface area contributed by atoms with E-state index >= 15 is 0 Å². The molecule has 2 heterocycles. The molecule has 6 nitrogen and oxygen atoms in total. The minimum Gasteiger partial charge on any atom is -0.336 e. The summed E-state index contributed by atoms with van der Waals surface area (Å²) in [5.41, 5.74) is 1.30. The van der Waals surface area contributed by atoms with Crippen molar-refractivity contribution >= 4 is 0 Å². The van der Waals surface area contributed by atoms with Gasteiger partial charge < -0.3 is 4.57 Å². The maximum atomic E-state index is 13.2. The van der Waals surface area contributed by atoms with Gasteiger partial charge in [-0.25, -0.2) is 9.37 Å². The molecule has 7 heteroatoms. The SMILES string of the molecule is Cc1cc(-c2nnn(Cc3nccn3C)n2)ccc1F. The number of imidazole rings is 1. The quantitative estimate of drug-likeness (QED) is 0.726. The van der Waals surface area contributed by atoms with E-state index in [0.717, 1.165) is 11.4 Å². The fourth-order valence-electron chi connectivity index (χ4n) is 1.88. The Kier molecular flexibility index (Phi) is 3.02. The van der Waals surface area contributed by atoms with Gasteiger partial charge >= 0.3 is 0 Å². The molecule has 0 saturated heterocycles. The zero-order valence-corrected chi connectivity index (χ0v) is 11.2. The standard InChI is InChI=1S/C13H13FN6/c1-9-7-10(3-4-11(9)14)13-16-18-20(17-13)8-12-15-5-6-19(12)2/h3-7H,8H2,1-2H3. The maximum absolute atomic E-state index is 13.2. The highest BCUT2D eigenvalue weighted by molar-refractivity contribution is 5.55. The van der Waals surface area contributed by atoms with E-state index in [4.69, 9.17) is 0 Å². The lowest BCUT2D eigenvalue weighted by Gasteiger charge is -2.00. The molecule has 1 aromatic carbocycles. The van der Waals surface area contributed by atoms with Gasteiger partial charge in [-0.05, 0) is 35.9 Å². The summed E-state index contributed by atoms with van der Waals surface area (Å²) in [6.45, 7) is 2.15. The van der Waals surface area contributed by atoms with Crippen LogP contribution in [-0.2, 0) is 13.6 Å². The number of hydrogen-bond donors (Lipinski definition) is 0. The second-order valence-electron chi connectivity index (χ2n) is 4.56. The Balaban J connectivity index is 1.86. The number of aryl methyl sites for hydroxylation is 2.